The number of rotatable bonds is 14. The Morgan fingerprint density at radius 1 is 0.872 bits per heavy atom. The molecule has 0 amide bonds. The van der Waals surface area contributed by atoms with Gasteiger partial charge in [-0.15, -0.1) is 0 Å². The molecule has 2 aromatic rings. The van der Waals surface area contributed by atoms with Crippen molar-refractivity contribution in [2.75, 3.05) is 13.2 Å². The minimum Gasteiger partial charge on any atom is -0.494 e. The first kappa shape index (κ1) is 29.6. The zero-order valence-electron chi connectivity index (χ0n) is 22.4. The van der Waals surface area contributed by atoms with Crippen LogP contribution in [-0.2, 0) is 14.3 Å². The Labute approximate surface area is 229 Å². The van der Waals surface area contributed by atoms with Crippen molar-refractivity contribution in [1.29, 1.82) is 0 Å². The fourth-order valence-electron chi connectivity index (χ4n) is 4.30. The Balaban J connectivity index is 1.43. The largest absolute Gasteiger partial charge is 0.494 e. The molecule has 0 aromatic heterocycles. The molecular weight excluding hydrogens is 500 g/mol. The zero-order chi connectivity index (χ0) is 28.0. The number of carbonyl (C=O) groups excluding carboxylic acids is 4. The maximum absolute atomic E-state index is 12.6. The van der Waals surface area contributed by atoms with Crippen LogP contribution in [-0.4, -0.2) is 37.4 Å². The van der Waals surface area contributed by atoms with Crippen molar-refractivity contribution in [3.05, 3.63) is 66.2 Å². The standard InChI is InChI=1S/C31H36O8/c1-3-29(33)37-19-7-5-4-6-18-36-26-14-12-24(13-15-26)30(34)38-27-16-17-28(25(20-27)21-32)39-31(35)23-10-8-22(2)9-11-23/h3,12-17,20-23H,1,4-11,18-19H2,2H3. The summed E-state index contributed by atoms with van der Waals surface area (Å²) in [6.07, 6.45) is 8.77. The molecule has 0 heterocycles. The lowest BCUT2D eigenvalue weighted by atomic mass is 9.83. The summed E-state index contributed by atoms with van der Waals surface area (Å²) in [6.45, 7) is 6.44. The normalized spacial score (nSPS) is 16.5. The Bertz CT molecular complexity index is 1130. The van der Waals surface area contributed by atoms with Crippen LogP contribution < -0.4 is 14.2 Å². The summed E-state index contributed by atoms with van der Waals surface area (Å²) >= 11 is 0. The number of benzene rings is 2. The molecule has 1 saturated carbocycles. The zero-order valence-corrected chi connectivity index (χ0v) is 22.4. The van der Waals surface area contributed by atoms with Gasteiger partial charge >= 0.3 is 17.9 Å². The third-order valence-corrected chi connectivity index (χ3v) is 6.69. The summed E-state index contributed by atoms with van der Waals surface area (Å²) < 4.78 is 21.6. The summed E-state index contributed by atoms with van der Waals surface area (Å²) in [5, 5.41) is 0. The summed E-state index contributed by atoms with van der Waals surface area (Å²) in [4.78, 5) is 47.7. The van der Waals surface area contributed by atoms with Gasteiger partial charge in [0.15, 0.2) is 6.29 Å². The molecule has 1 aliphatic rings. The highest BCUT2D eigenvalue weighted by atomic mass is 16.5. The molecule has 0 radical (unpaired) electrons. The second kappa shape index (κ2) is 15.5. The predicted molar refractivity (Wildman–Crippen MR) is 145 cm³/mol. The summed E-state index contributed by atoms with van der Waals surface area (Å²) in [7, 11) is 0. The quantitative estimate of drug-likeness (QED) is 0.0935. The van der Waals surface area contributed by atoms with Gasteiger partial charge in [0.1, 0.15) is 17.2 Å². The fourth-order valence-corrected chi connectivity index (χ4v) is 4.30. The van der Waals surface area contributed by atoms with Crippen LogP contribution in [0.4, 0.5) is 0 Å². The van der Waals surface area contributed by atoms with Crippen molar-refractivity contribution >= 4 is 24.2 Å². The van der Waals surface area contributed by atoms with E-state index in [1.165, 1.54) is 18.2 Å². The third-order valence-electron chi connectivity index (χ3n) is 6.69. The van der Waals surface area contributed by atoms with Gasteiger partial charge < -0.3 is 18.9 Å². The van der Waals surface area contributed by atoms with E-state index in [1.54, 1.807) is 24.3 Å². The summed E-state index contributed by atoms with van der Waals surface area (Å²) in [5.74, 6) is 0.0938. The van der Waals surface area contributed by atoms with E-state index in [9.17, 15) is 19.2 Å². The number of esters is 3. The highest BCUT2D eigenvalue weighted by Crippen LogP contribution is 2.31. The van der Waals surface area contributed by atoms with Gasteiger partial charge in [0.25, 0.3) is 0 Å². The molecule has 0 atom stereocenters. The molecule has 39 heavy (non-hydrogen) atoms. The lowest BCUT2D eigenvalue weighted by Crippen LogP contribution is -2.25. The van der Waals surface area contributed by atoms with Crippen LogP contribution >= 0.6 is 0 Å². The van der Waals surface area contributed by atoms with E-state index in [0.29, 0.717) is 36.7 Å². The predicted octanol–water partition coefficient (Wildman–Crippen LogP) is 6.12. The molecule has 1 aliphatic carbocycles. The van der Waals surface area contributed by atoms with Gasteiger partial charge in [-0.1, -0.05) is 13.5 Å². The Morgan fingerprint density at radius 3 is 2.21 bits per heavy atom. The number of ether oxygens (including phenoxy) is 4. The first-order chi connectivity index (χ1) is 18.9. The molecule has 1 fully saturated rings. The first-order valence-electron chi connectivity index (χ1n) is 13.4. The average Bonchev–Trinajstić information content (AvgIpc) is 2.95. The number of aldehydes is 1. The van der Waals surface area contributed by atoms with E-state index < -0.39 is 11.9 Å². The maximum atomic E-state index is 12.6. The summed E-state index contributed by atoms with van der Waals surface area (Å²) in [6, 6.07) is 10.9. The Morgan fingerprint density at radius 2 is 1.54 bits per heavy atom. The van der Waals surface area contributed by atoms with Gasteiger partial charge in [-0.2, -0.15) is 0 Å². The molecule has 2 aromatic carbocycles. The second-order valence-electron chi connectivity index (χ2n) is 9.74. The molecule has 208 valence electrons. The van der Waals surface area contributed by atoms with Crippen LogP contribution in [0.2, 0.25) is 0 Å². The Kier molecular flexibility index (Phi) is 11.7. The van der Waals surface area contributed by atoms with Crippen molar-refractivity contribution in [3.63, 3.8) is 0 Å². The molecule has 0 bridgehead atoms. The van der Waals surface area contributed by atoms with E-state index >= 15 is 0 Å². The van der Waals surface area contributed by atoms with Gasteiger partial charge in [-0.25, -0.2) is 9.59 Å². The van der Waals surface area contributed by atoms with Gasteiger partial charge in [-0.05, 0) is 99.7 Å². The maximum Gasteiger partial charge on any atom is 0.343 e. The average molecular weight is 537 g/mol. The third kappa shape index (κ3) is 9.71. The van der Waals surface area contributed by atoms with Crippen LogP contribution in [0, 0.1) is 11.8 Å². The van der Waals surface area contributed by atoms with Crippen molar-refractivity contribution < 1.29 is 38.1 Å². The van der Waals surface area contributed by atoms with Crippen LogP contribution in [0.3, 0.4) is 0 Å². The van der Waals surface area contributed by atoms with Crippen LogP contribution in [0.1, 0.15) is 79.0 Å². The van der Waals surface area contributed by atoms with Gasteiger partial charge in [0.05, 0.1) is 30.3 Å². The molecule has 0 saturated heterocycles. The number of hydrogen-bond donors (Lipinski definition) is 0. The van der Waals surface area contributed by atoms with Crippen LogP contribution in [0.25, 0.3) is 0 Å². The molecule has 0 spiro atoms. The van der Waals surface area contributed by atoms with Crippen LogP contribution in [0.15, 0.2) is 55.1 Å². The van der Waals surface area contributed by atoms with E-state index in [1.807, 2.05) is 0 Å². The lowest BCUT2D eigenvalue weighted by Gasteiger charge is -2.24. The number of unbranched alkanes of at least 4 members (excludes halogenated alkanes) is 3. The molecule has 0 unspecified atom stereocenters. The molecular formula is C31H36O8. The van der Waals surface area contributed by atoms with Crippen molar-refractivity contribution in [1.82, 2.24) is 0 Å². The number of hydrogen-bond acceptors (Lipinski definition) is 8. The first-order valence-corrected chi connectivity index (χ1v) is 13.4. The van der Waals surface area contributed by atoms with Gasteiger partial charge in [0, 0.05) is 6.08 Å². The van der Waals surface area contributed by atoms with Gasteiger partial charge in [0.2, 0.25) is 0 Å². The SMILES string of the molecule is C=CC(=O)OCCCCCCOc1ccc(C(=O)Oc2ccc(OC(=O)C3CCC(C)CC3)c(C=O)c2)cc1. The topological polar surface area (TPSA) is 105 Å². The van der Waals surface area contributed by atoms with Crippen molar-refractivity contribution in [2.24, 2.45) is 11.8 Å². The smallest absolute Gasteiger partial charge is 0.343 e. The number of carbonyl (C=O) groups is 4. The highest BCUT2D eigenvalue weighted by Gasteiger charge is 2.26. The van der Waals surface area contributed by atoms with Gasteiger partial charge in [-0.3, -0.25) is 9.59 Å². The van der Waals surface area contributed by atoms with Crippen LogP contribution in [0.5, 0.6) is 17.2 Å². The summed E-state index contributed by atoms with van der Waals surface area (Å²) in [5.41, 5.74) is 0.463. The molecule has 0 N–H and O–H groups in total. The van der Waals surface area contributed by atoms with E-state index in [0.717, 1.165) is 57.4 Å². The molecule has 0 aliphatic heterocycles. The second-order valence-corrected chi connectivity index (χ2v) is 9.74. The Hall–Kier alpha value is -3.94. The lowest BCUT2D eigenvalue weighted by molar-refractivity contribution is -0.140. The minimum absolute atomic E-state index is 0.138. The molecule has 8 nitrogen and oxygen atoms in total. The minimum atomic E-state index is -0.586. The van der Waals surface area contributed by atoms with Crippen molar-refractivity contribution in [2.45, 2.75) is 58.3 Å². The highest BCUT2D eigenvalue weighted by molar-refractivity contribution is 5.91. The monoisotopic (exact) mass is 536 g/mol. The molecule has 3 rings (SSSR count). The van der Waals surface area contributed by atoms with E-state index in [4.69, 9.17) is 18.9 Å². The van der Waals surface area contributed by atoms with Crippen molar-refractivity contribution in [3.8, 4) is 17.2 Å². The van der Waals surface area contributed by atoms with E-state index in [-0.39, 0.29) is 28.9 Å². The van der Waals surface area contributed by atoms with E-state index in [2.05, 4.69) is 13.5 Å². The fraction of sp³-hybridized carbons (Fsp3) is 0.419. The molecule has 8 heteroatoms.